The van der Waals surface area contributed by atoms with E-state index in [9.17, 15) is 0 Å². The van der Waals surface area contributed by atoms with E-state index >= 15 is 0 Å². The van der Waals surface area contributed by atoms with E-state index in [4.69, 9.17) is 11.6 Å². The SMILES string of the molecule is Cc1ccc(C)c(CC(C)Cl)c1. The predicted octanol–water partition coefficient (Wildman–Crippen LogP) is 3.47. The van der Waals surface area contributed by atoms with Gasteiger partial charge < -0.3 is 0 Å². The minimum atomic E-state index is 0.227. The fraction of sp³-hybridized carbons (Fsp3) is 0.455. The monoisotopic (exact) mass is 182 g/mol. The van der Waals surface area contributed by atoms with Crippen molar-refractivity contribution in [3.8, 4) is 0 Å². The van der Waals surface area contributed by atoms with Gasteiger partial charge in [-0.1, -0.05) is 23.8 Å². The molecule has 12 heavy (non-hydrogen) atoms. The van der Waals surface area contributed by atoms with Gasteiger partial charge in [0.05, 0.1) is 0 Å². The predicted molar refractivity (Wildman–Crippen MR) is 54.9 cm³/mol. The first-order valence-corrected chi connectivity index (χ1v) is 4.73. The summed E-state index contributed by atoms with van der Waals surface area (Å²) in [6.07, 6.45) is 0.967. The Morgan fingerprint density at radius 2 is 2.00 bits per heavy atom. The molecule has 66 valence electrons. The number of halogens is 1. The Hall–Kier alpha value is -0.490. The third-order valence-electron chi connectivity index (χ3n) is 2.01. The van der Waals surface area contributed by atoms with Crippen molar-refractivity contribution in [3.05, 3.63) is 34.9 Å². The summed E-state index contributed by atoms with van der Waals surface area (Å²) >= 11 is 5.94. The number of aryl methyl sites for hydroxylation is 2. The average molecular weight is 183 g/mol. The lowest BCUT2D eigenvalue weighted by Gasteiger charge is -2.07. The molecule has 0 radical (unpaired) electrons. The van der Waals surface area contributed by atoms with Crippen LogP contribution < -0.4 is 0 Å². The van der Waals surface area contributed by atoms with Gasteiger partial charge in [0.2, 0.25) is 0 Å². The van der Waals surface area contributed by atoms with Gasteiger partial charge >= 0.3 is 0 Å². The van der Waals surface area contributed by atoms with Gasteiger partial charge in [-0.25, -0.2) is 0 Å². The van der Waals surface area contributed by atoms with Gasteiger partial charge in [-0.2, -0.15) is 0 Å². The number of hydrogen-bond donors (Lipinski definition) is 0. The van der Waals surface area contributed by atoms with Gasteiger partial charge in [-0.05, 0) is 38.3 Å². The Morgan fingerprint density at radius 3 is 2.58 bits per heavy atom. The molecule has 0 aliphatic heterocycles. The molecule has 1 aromatic carbocycles. The van der Waals surface area contributed by atoms with Crippen LogP contribution in [0, 0.1) is 13.8 Å². The summed E-state index contributed by atoms with van der Waals surface area (Å²) in [5.74, 6) is 0. The van der Waals surface area contributed by atoms with Crippen molar-refractivity contribution in [3.63, 3.8) is 0 Å². The highest BCUT2D eigenvalue weighted by Crippen LogP contribution is 2.14. The second kappa shape index (κ2) is 3.95. The first-order valence-electron chi connectivity index (χ1n) is 4.30. The van der Waals surface area contributed by atoms with Gasteiger partial charge in [-0.15, -0.1) is 11.6 Å². The molecule has 0 aliphatic rings. The van der Waals surface area contributed by atoms with Crippen molar-refractivity contribution in [2.24, 2.45) is 0 Å². The van der Waals surface area contributed by atoms with Crippen molar-refractivity contribution in [2.75, 3.05) is 0 Å². The molecule has 0 aliphatic carbocycles. The zero-order valence-electron chi connectivity index (χ0n) is 7.89. The molecular formula is C11H15Cl. The highest BCUT2D eigenvalue weighted by molar-refractivity contribution is 6.20. The number of hydrogen-bond acceptors (Lipinski definition) is 0. The normalized spacial score (nSPS) is 13.0. The molecule has 0 saturated heterocycles. The van der Waals surface area contributed by atoms with Gasteiger partial charge in [0.25, 0.3) is 0 Å². The summed E-state index contributed by atoms with van der Waals surface area (Å²) in [4.78, 5) is 0. The Labute approximate surface area is 79.6 Å². The minimum Gasteiger partial charge on any atom is -0.123 e. The quantitative estimate of drug-likeness (QED) is 0.615. The van der Waals surface area contributed by atoms with E-state index in [0.717, 1.165) is 6.42 Å². The van der Waals surface area contributed by atoms with E-state index in [2.05, 4.69) is 32.0 Å². The van der Waals surface area contributed by atoms with Crippen molar-refractivity contribution in [1.82, 2.24) is 0 Å². The topological polar surface area (TPSA) is 0 Å². The fourth-order valence-electron chi connectivity index (χ4n) is 1.32. The molecule has 0 N–H and O–H groups in total. The molecule has 0 spiro atoms. The van der Waals surface area contributed by atoms with E-state index in [1.165, 1.54) is 16.7 Å². The van der Waals surface area contributed by atoms with Crippen LogP contribution in [0.2, 0.25) is 0 Å². The maximum Gasteiger partial charge on any atom is 0.0348 e. The van der Waals surface area contributed by atoms with E-state index in [0.29, 0.717) is 0 Å². The van der Waals surface area contributed by atoms with Crippen molar-refractivity contribution in [2.45, 2.75) is 32.6 Å². The van der Waals surface area contributed by atoms with Gasteiger partial charge in [0.1, 0.15) is 0 Å². The largest absolute Gasteiger partial charge is 0.123 e. The van der Waals surface area contributed by atoms with Crippen LogP contribution in [0.25, 0.3) is 0 Å². The summed E-state index contributed by atoms with van der Waals surface area (Å²) in [6.45, 7) is 6.28. The summed E-state index contributed by atoms with van der Waals surface area (Å²) in [5, 5.41) is 0.227. The minimum absolute atomic E-state index is 0.227. The summed E-state index contributed by atoms with van der Waals surface area (Å²) in [6, 6.07) is 6.51. The molecule has 1 unspecified atom stereocenters. The van der Waals surface area contributed by atoms with Crippen LogP contribution in [-0.4, -0.2) is 5.38 Å². The summed E-state index contributed by atoms with van der Waals surface area (Å²) in [7, 11) is 0. The second-order valence-electron chi connectivity index (χ2n) is 3.41. The molecule has 1 aromatic rings. The molecule has 0 aromatic heterocycles. The Bertz CT molecular complexity index is 264. The number of alkyl halides is 1. The van der Waals surface area contributed by atoms with Crippen molar-refractivity contribution >= 4 is 11.6 Å². The molecular weight excluding hydrogens is 168 g/mol. The third kappa shape index (κ3) is 2.53. The van der Waals surface area contributed by atoms with E-state index < -0.39 is 0 Å². The zero-order chi connectivity index (χ0) is 9.14. The maximum atomic E-state index is 5.94. The average Bonchev–Trinajstić information content (AvgIpc) is 1.96. The lowest BCUT2D eigenvalue weighted by Crippen LogP contribution is -1.99. The molecule has 0 saturated carbocycles. The van der Waals surface area contributed by atoms with Crippen LogP contribution in [0.15, 0.2) is 18.2 Å². The summed E-state index contributed by atoms with van der Waals surface area (Å²) in [5.41, 5.74) is 4.03. The van der Waals surface area contributed by atoms with Crippen LogP contribution in [0.5, 0.6) is 0 Å². The molecule has 1 rings (SSSR count). The van der Waals surface area contributed by atoms with Gasteiger partial charge in [0.15, 0.2) is 0 Å². The van der Waals surface area contributed by atoms with E-state index in [1.807, 2.05) is 6.92 Å². The molecule has 0 fully saturated rings. The number of benzene rings is 1. The highest BCUT2D eigenvalue weighted by atomic mass is 35.5. The van der Waals surface area contributed by atoms with Crippen molar-refractivity contribution in [1.29, 1.82) is 0 Å². The molecule has 0 bridgehead atoms. The van der Waals surface area contributed by atoms with Gasteiger partial charge in [-0.3, -0.25) is 0 Å². The lowest BCUT2D eigenvalue weighted by molar-refractivity contribution is 0.920. The first kappa shape index (κ1) is 9.60. The zero-order valence-corrected chi connectivity index (χ0v) is 8.65. The van der Waals surface area contributed by atoms with E-state index in [1.54, 1.807) is 0 Å². The first-order chi connectivity index (χ1) is 5.59. The molecule has 1 heteroatoms. The van der Waals surface area contributed by atoms with Crippen LogP contribution in [0.4, 0.5) is 0 Å². The smallest absolute Gasteiger partial charge is 0.0348 e. The Balaban J connectivity index is 2.90. The second-order valence-corrected chi connectivity index (χ2v) is 4.16. The van der Waals surface area contributed by atoms with Crippen LogP contribution in [0.3, 0.4) is 0 Å². The molecule has 0 nitrogen and oxygen atoms in total. The molecule has 0 amide bonds. The van der Waals surface area contributed by atoms with Crippen LogP contribution in [0.1, 0.15) is 23.6 Å². The third-order valence-corrected chi connectivity index (χ3v) is 2.16. The highest BCUT2D eigenvalue weighted by Gasteiger charge is 2.02. The Kier molecular flexibility index (Phi) is 3.16. The van der Waals surface area contributed by atoms with Gasteiger partial charge in [0, 0.05) is 5.38 Å². The number of rotatable bonds is 2. The molecule has 0 heterocycles. The van der Waals surface area contributed by atoms with E-state index in [-0.39, 0.29) is 5.38 Å². The van der Waals surface area contributed by atoms with Crippen LogP contribution in [-0.2, 0) is 6.42 Å². The molecule has 1 atom stereocenters. The summed E-state index contributed by atoms with van der Waals surface area (Å²) < 4.78 is 0. The van der Waals surface area contributed by atoms with Crippen molar-refractivity contribution < 1.29 is 0 Å². The lowest BCUT2D eigenvalue weighted by atomic mass is 10.0. The standard InChI is InChI=1S/C11H15Cl/c1-8-4-5-9(2)11(6-8)7-10(3)12/h4-6,10H,7H2,1-3H3. The Morgan fingerprint density at radius 1 is 1.33 bits per heavy atom. The fourth-order valence-corrected chi connectivity index (χ4v) is 1.49. The maximum absolute atomic E-state index is 5.94. The van der Waals surface area contributed by atoms with Crippen LogP contribution >= 0.6 is 11.6 Å².